The third-order valence-corrected chi connectivity index (χ3v) is 2.82. The lowest BCUT2D eigenvalue weighted by Crippen LogP contribution is -2.09. The van der Waals surface area contributed by atoms with E-state index in [2.05, 4.69) is 0 Å². The van der Waals surface area contributed by atoms with E-state index in [-0.39, 0.29) is 5.43 Å². The van der Waals surface area contributed by atoms with Gasteiger partial charge in [0.05, 0.1) is 25.1 Å². The van der Waals surface area contributed by atoms with Crippen LogP contribution in [0.25, 0.3) is 10.9 Å². The van der Waals surface area contributed by atoms with Crippen molar-refractivity contribution in [2.45, 2.75) is 13.5 Å². The highest BCUT2D eigenvalue weighted by Crippen LogP contribution is 2.30. The normalized spacial score (nSPS) is 10.5. The van der Waals surface area contributed by atoms with Gasteiger partial charge in [-0.1, -0.05) is 0 Å². The highest BCUT2D eigenvalue weighted by Gasteiger charge is 2.12. The van der Waals surface area contributed by atoms with E-state index >= 15 is 0 Å². The molecule has 0 saturated heterocycles. The Kier molecular flexibility index (Phi) is 3.04. The van der Waals surface area contributed by atoms with Crippen molar-refractivity contribution in [1.82, 2.24) is 4.57 Å². The lowest BCUT2D eigenvalue weighted by molar-refractivity contribution is 0.408. The average molecular weight is 233 g/mol. The lowest BCUT2D eigenvalue weighted by Gasteiger charge is -2.14. The maximum atomic E-state index is 11.9. The number of ether oxygens (including phenoxy) is 2. The Balaban J connectivity index is 2.98. The zero-order chi connectivity index (χ0) is 12.4. The number of aromatic nitrogens is 1. The molecular formula is C13H15NO3. The topological polar surface area (TPSA) is 40.5 Å². The van der Waals surface area contributed by atoms with E-state index in [1.807, 2.05) is 17.6 Å². The van der Waals surface area contributed by atoms with Gasteiger partial charge in [-0.15, -0.1) is 0 Å². The van der Waals surface area contributed by atoms with Crippen LogP contribution in [0.5, 0.6) is 11.5 Å². The first-order valence-electron chi connectivity index (χ1n) is 5.47. The molecule has 0 aliphatic heterocycles. The van der Waals surface area contributed by atoms with Crippen LogP contribution in [0.3, 0.4) is 0 Å². The number of nitrogens with zero attached hydrogens (tertiary/aromatic N) is 1. The van der Waals surface area contributed by atoms with E-state index in [0.29, 0.717) is 16.9 Å². The molecule has 0 unspecified atom stereocenters. The summed E-state index contributed by atoms with van der Waals surface area (Å²) in [5.74, 6) is 1.26. The molecule has 0 saturated carbocycles. The van der Waals surface area contributed by atoms with Crippen molar-refractivity contribution in [3.05, 3.63) is 34.6 Å². The van der Waals surface area contributed by atoms with E-state index in [4.69, 9.17) is 9.47 Å². The van der Waals surface area contributed by atoms with Crippen LogP contribution >= 0.6 is 0 Å². The molecule has 90 valence electrons. The van der Waals surface area contributed by atoms with Crippen LogP contribution in [0.4, 0.5) is 0 Å². The first kappa shape index (κ1) is 11.5. The summed E-state index contributed by atoms with van der Waals surface area (Å²) in [6, 6.07) is 5.11. The van der Waals surface area contributed by atoms with E-state index in [1.165, 1.54) is 0 Å². The molecule has 0 aliphatic carbocycles. The van der Waals surface area contributed by atoms with Crippen molar-refractivity contribution in [2.75, 3.05) is 14.2 Å². The van der Waals surface area contributed by atoms with Crippen LogP contribution in [0.1, 0.15) is 6.92 Å². The summed E-state index contributed by atoms with van der Waals surface area (Å²) in [5.41, 5.74) is 0.724. The van der Waals surface area contributed by atoms with Crippen LogP contribution in [-0.4, -0.2) is 18.8 Å². The van der Waals surface area contributed by atoms with Crippen LogP contribution in [0.2, 0.25) is 0 Å². The SMILES string of the molecule is CCn1ccc(=O)c2c(OC)ccc(OC)c21. The van der Waals surface area contributed by atoms with Crippen LogP contribution in [0.15, 0.2) is 29.2 Å². The summed E-state index contributed by atoms with van der Waals surface area (Å²) in [4.78, 5) is 11.9. The third kappa shape index (κ3) is 1.75. The number of rotatable bonds is 3. The minimum Gasteiger partial charge on any atom is -0.496 e. The van der Waals surface area contributed by atoms with Gasteiger partial charge in [0.2, 0.25) is 0 Å². The van der Waals surface area contributed by atoms with E-state index < -0.39 is 0 Å². The lowest BCUT2D eigenvalue weighted by atomic mass is 10.1. The number of hydrogen-bond donors (Lipinski definition) is 0. The van der Waals surface area contributed by atoms with Crippen molar-refractivity contribution < 1.29 is 9.47 Å². The predicted octanol–water partition coefficient (Wildman–Crippen LogP) is 2.04. The van der Waals surface area contributed by atoms with Crippen LogP contribution in [0, 0.1) is 0 Å². The molecule has 4 heteroatoms. The van der Waals surface area contributed by atoms with Gasteiger partial charge in [0.25, 0.3) is 0 Å². The molecule has 0 bridgehead atoms. The second-order valence-corrected chi connectivity index (χ2v) is 3.66. The summed E-state index contributed by atoms with van der Waals surface area (Å²) in [5, 5.41) is 0.566. The number of benzene rings is 1. The molecule has 0 aliphatic rings. The largest absolute Gasteiger partial charge is 0.496 e. The average Bonchev–Trinajstić information content (AvgIpc) is 2.38. The molecule has 1 aromatic heterocycles. The van der Waals surface area contributed by atoms with Gasteiger partial charge in [0.1, 0.15) is 11.5 Å². The number of hydrogen-bond acceptors (Lipinski definition) is 3. The van der Waals surface area contributed by atoms with Crippen molar-refractivity contribution in [1.29, 1.82) is 0 Å². The highest BCUT2D eigenvalue weighted by atomic mass is 16.5. The Hall–Kier alpha value is -1.97. The Morgan fingerprint density at radius 1 is 1.12 bits per heavy atom. The minimum absolute atomic E-state index is 0.0551. The molecule has 1 heterocycles. The number of pyridine rings is 1. The molecule has 4 nitrogen and oxygen atoms in total. The summed E-state index contributed by atoms with van der Waals surface area (Å²) >= 11 is 0. The zero-order valence-corrected chi connectivity index (χ0v) is 10.2. The molecule has 2 aromatic rings. The molecule has 2 rings (SSSR count). The fourth-order valence-corrected chi connectivity index (χ4v) is 1.99. The Morgan fingerprint density at radius 3 is 2.35 bits per heavy atom. The molecule has 0 fully saturated rings. The summed E-state index contributed by atoms with van der Waals surface area (Å²) in [6.07, 6.45) is 1.77. The van der Waals surface area contributed by atoms with Gasteiger partial charge >= 0.3 is 0 Å². The van der Waals surface area contributed by atoms with Crippen LogP contribution < -0.4 is 14.9 Å². The fourth-order valence-electron chi connectivity index (χ4n) is 1.99. The van der Waals surface area contributed by atoms with E-state index in [1.54, 1.807) is 32.5 Å². The predicted molar refractivity (Wildman–Crippen MR) is 67.0 cm³/mol. The van der Waals surface area contributed by atoms with Gasteiger partial charge in [-0.25, -0.2) is 0 Å². The first-order chi connectivity index (χ1) is 8.22. The Morgan fingerprint density at radius 2 is 1.76 bits per heavy atom. The minimum atomic E-state index is -0.0551. The molecule has 0 amide bonds. The van der Waals surface area contributed by atoms with Gasteiger partial charge in [0.15, 0.2) is 5.43 Å². The first-order valence-corrected chi connectivity index (χ1v) is 5.47. The summed E-state index contributed by atoms with van der Waals surface area (Å²) in [7, 11) is 3.16. The molecule has 1 aromatic carbocycles. The molecule has 0 spiro atoms. The zero-order valence-electron chi connectivity index (χ0n) is 10.2. The van der Waals surface area contributed by atoms with Crippen molar-refractivity contribution >= 4 is 10.9 Å². The number of methoxy groups -OCH3 is 2. The maximum Gasteiger partial charge on any atom is 0.193 e. The van der Waals surface area contributed by atoms with Crippen molar-refractivity contribution in [3.8, 4) is 11.5 Å². The molecular weight excluding hydrogens is 218 g/mol. The summed E-state index contributed by atoms with van der Waals surface area (Å²) in [6.45, 7) is 2.78. The fraction of sp³-hybridized carbons (Fsp3) is 0.308. The molecule has 0 atom stereocenters. The van der Waals surface area contributed by atoms with E-state index in [0.717, 1.165) is 12.1 Å². The molecule has 0 N–H and O–H groups in total. The van der Waals surface area contributed by atoms with Crippen molar-refractivity contribution in [3.63, 3.8) is 0 Å². The Bertz CT molecular complexity index is 591. The van der Waals surface area contributed by atoms with Gasteiger partial charge in [-0.05, 0) is 19.1 Å². The van der Waals surface area contributed by atoms with Crippen LogP contribution in [-0.2, 0) is 6.54 Å². The molecule has 0 radical (unpaired) electrons. The number of fused-ring (bicyclic) bond motifs is 1. The van der Waals surface area contributed by atoms with Gasteiger partial charge in [0, 0.05) is 18.8 Å². The standard InChI is InChI=1S/C13H15NO3/c1-4-14-8-7-9(15)12-10(16-2)5-6-11(17-3)13(12)14/h5-8H,4H2,1-3H3. The van der Waals surface area contributed by atoms with E-state index in [9.17, 15) is 4.79 Å². The molecule has 17 heavy (non-hydrogen) atoms. The maximum absolute atomic E-state index is 11.9. The highest BCUT2D eigenvalue weighted by molar-refractivity contribution is 5.90. The van der Waals surface area contributed by atoms with Gasteiger partial charge < -0.3 is 14.0 Å². The smallest absolute Gasteiger partial charge is 0.193 e. The van der Waals surface area contributed by atoms with Gasteiger partial charge in [-0.3, -0.25) is 4.79 Å². The third-order valence-electron chi connectivity index (χ3n) is 2.82. The quantitative estimate of drug-likeness (QED) is 0.814. The van der Waals surface area contributed by atoms with Gasteiger partial charge in [-0.2, -0.15) is 0 Å². The summed E-state index contributed by atoms with van der Waals surface area (Å²) < 4.78 is 12.5. The van der Waals surface area contributed by atoms with Crippen molar-refractivity contribution in [2.24, 2.45) is 0 Å². The Labute approximate surface area is 99.4 Å². The second-order valence-electron chi connectivity index (χ2n) is 3.66. The monoisotopic (exact) mass is 233 g/mol. The second kappa shape index (κ2) is 4.49. The number of aryl methyl sites for hydroxylation is 1.